The van der Waals surface area contributed by atoms with E-state index < -0.39 is 5.41 Å². The molecule has 0 aliphatic heterocycles. The SMILES string of the molecule is CCNc1ccc(CN(C(=O)C(C)(C)C)c2ccc(F)cc2)cn1. The highest BCUT2D eigenvalue weighted by Crippen LogP contribution is 2.25. The van der Waals surface area contributed by atoms with Gasteiger partial charge in [-0.1, -0.05) is 26.8 Å². The molecule has 1 aromatic heterocycles. The van der Waals surface area contributed by atoms with Gasteiger partial charge >= 0.3 is 0 Å². The summed E-state index contributed by atoms with van der Waals surface area (Å²) in [6.07, 6.45) is 1.75. The van der Waals surface area contributed by atoms with Crippen molar-refractivity contribution in [2.24, 2.45) is 5.41 Å². The van der Waals surface area contributed by atoms with E-state index in [0.29, 0.717) is 12.2 Å². The second-order valence-electron chi connectivity index (χ2n) is 6.70. The van der Waals surface area contributed by atoms with Crippen LogP contribution in [0.4, 0.5) is 15.9 Å². The van der Waals surface area contributed by atoms with Crippen LogP contribution in [0.25, 0.3) is 0 Å². The van der Waals surface area contributed by atoms with E-state index in [4.69, 9.17) is 0 Å². The Hall–Kier alpha value is -2.43. The summed E-state index contributed by atoms with van der Waals surface area (Å²) >= 11 is 0. The van der Waals surface area contributed by atoms with E-state index in [2.05, 4.69) is 10.3 Å². The monoisotopic (exact) mass is 329 g/mol. The van der Waals surface area contributed by atoms with Gasteiger partial charge in [0.15, 0.2) is 0 Å². The quantitative estimate of drug-likeness (QED) is 0.893. The maximum atomic E-state index is 13.2. The second kappa shape index (κ2) is 7.43. The molecule has 1 N–H and O–H groups in total. The summed E-state index contributed by atoms with van der Waals surface area (Å²) in [6.45, 7) is 8.82. The van der Waals surface area contributed by atoms with Crippen LogP contribution in [0.5, 0.6) is 0 Å². The summed E-state index contributed by atoms with van der Waals surface area (Å²) in [5, 5.41) is 3.14. The smallest absolute Gasteiger partial charge is 0.232 e. The van der Waals surface area contributed by atoms with Gasteiger partial charge in [0.1, 0.15) is 11.6 Å². The van der Waals surface area contributed by atoms with Crippen molar-refractivity contribution in [1.82, 2.24) is 4.98 Å². The molecular weight excluding hydrogens is 305 g/mol. The Balaban J connectivity index is 2.28. The molecule has 0 bridgehead atoms. The molecule has 0 fully saturated rings. The number of nitrogens with zero attached hydrogens (tertiary/aromatic N) is 2. The molecule has 0 spiro atoms. The summed E-state index contributed by atoms with van der Waals surface area (Å²) in [4.78, 5) is 18.8. The number of halogens is 1. The van der Waals surface area contributed by atoms with Crippen molar-refractivity contribution in [3.8, 4) is 0 Å². The van der Waals surface area contributed by atoms with Gasteiger partial charge in [0, 0.05) is 23.8 Å². The summed E-state index contributed by atoms with van der Waals surface area (Å²) in [7, 11) is 0. The third-order valence-corrected chi connectivity index (χ3v) is 3.55. The van der Waals surface area contributed by atoms with Gasteiger partial charge in [0.05, 0.1) is 6.54 Å². The lowest BCUT2D eigenvalue weighted by atomic mass is 9.94. The predicted octanol–water partition coefficient (Wildman–Crippen LogP) is 4.23. The van der Waals surface area contributed by atoms with E-state index in [1.807, 2.05) is 39.8 Å². The number of rotatable bonds is 5. The molecule has 0 saturated carbocycles. The van der Waals surface area contributed by atoms with E-state index in [9.17, 15) is 9.18 Å². The number of pyridine rings is 1. The van der Waals surface area contributed by atoms with Gasteiger partial charge < -0.3 is 10.2 Å². The topological polar surface area (TPSA) is 45.2 Å². The molecule has 0 radical (unpaired) electrons. The molecule has 128 valence electrons. The number of benzene rings is 1. The van der Waals surface area contributed by atoms with Crippen molar-refractivity contribution in [1.29, 1.82) is 0 Å². The largest absolute Gasteiger partial charge is 0.370 e. The van der Waals surface area contributed by atoms with Crippen LogP contribution in [0.3, 0.4) is 0 Å². The van der Waals surface area contributed by atoms with Crippen LogP contribution in [0.2, 0.25) is 0 Å². The fraction of sp³-hybridized carbons (Fsp3) is 0.368. The Morgan fingerprint density at radius 1 is 1.17 bits per heavy atom. The lowest BCUT2D eigenvalue weighted by molar-refractivity contribution is -0.125. The molecule has 0 atom stereocenters. The summed E-state index contributed by atoms with van der Waals surface area (Å²) in [5.74, 6) is 0.458. The molecule has 4 nitrogen and oxygen atoms in total. The Labute approximate surface area is 142 Å². The van der Waals surface area contributed by atoms with Crippen LogP contribution in [-0.4, -0.2) is 17.4 Å². The number of aromatic nitrogens is 1. The molecule has 0 aliphatic carbocycles. The van der Waals surface area contributed by atoms with Gasteiger partial charge in [-0.3, -0.25) is 4.79 Å². The maximum absolute atomic E-state index is 13.2. The third-order valence-electron chi connectivity index (χ3n) is 3.55. The highest BCUT2D eigenvalue weighted by Gasteiger charge is 2.28. The summed E-state index contributed by atoms with van der Waals surface area (Å²) < 4.78 is 13.2. The molecule has 0 unspecified atom stereocenters. The fourth-order valence-corrected chi connectivity index (χ4v) is 2.29. The first-order valence-corrected chi connectivity index (χ1v) is 8.07. The van der Waals surface area contributed by atoms with Crippen molar-refractivity contribution in [2.45, 2.75) is 34.2 Å². The van der Waals surface area contributed by atoms with Crippen LogP contribution in [-0.2, 0) is 11.3 Å². The first-order chi connectivity index (χ1) is 11.3. The molecule has 5 heteroatoms. The van der Waals surface area contributed by atoms with Crippen LogP contribution >= 0.6 is 0 Å². The van der Waals surface area contributed by atoms with E-state index >= 15 is 0 Å². The van der Waals surface area contributed by atoms with Gasteiger partial charge in [0.2, 0.25) is 5.91 Å². The molecule has 2 aromatic rings. The Morgan fingerprint density at radius 3 is 2.33 bits per heavy atom. The van der Waals surface area contributed by atoms with Crippen molar-refractivity contribution in [3.05, 3.63) is 54.0 Å². The maximum Gasteiger partial charge on any atom is 0.232 e. The standard InChI is InChI=1S/C19H24FN3O/c1-5-21-17-11-6-14(12-22-17)13-23(18(24)19(2,3)4)16-9-7-15(20)8-10-16/h6-12H,5,13H2,1-4H3,(H,21,22). The zero-order chi connectivity index (χ0) is 17.7. The number of nitrogens with one attached hydrogen (secondary N) is 1. The molecule has 24 heavy (non-hydrogen) atoms. The van der Waals surface area contributed by atoms with Gasteiger partial charge in [-0.25, -0.2) is 9.37 Å². The molecular formula is C19H24FN3O. The van der Waals surface area contributed by atoms with Crippen LogP contribution in [0.1, 0.15) is 33.3 Å². The zero-order valence-corrected chi connectivity index (χ0v) is 14.6. The van der Waals surface area contributed by atoms with Crippen LogP contribution in [0.15, 0.2) is 42.6 Å². The van der Waals surface area contributed by atoms with E-state index in [1.54, 1.807) is 23.2 Å². The molecule has 0 saturated heterocycles. The highest BCUT2D eigenvalue weighted by molar-refractivity contribution is 5.96. The molecule has 2 rings (SSSR count). The van der Waals surface area contributed by atoms with Crippen molar-refractivity contribution < 1.29 is 9.18 Å². The van der Waals surface area contributed by atoms with Gasteiger partial charge in [-0.15, -0.1) is 0 Å². The lowest BCUT2D eigenvalue weighted by Crippen LogP contribution is -2.39. The fourth-order valence-electron chi connectivity index (χ4n) is 2.29. The number of carbonyl (C=O) groups excluding carboxylic acids is 1. The van der Waals surface area contributed by atoms with Gasteiger partial charge in [-0.05, 0) is 42.8 Å². The van der Waals surface area contributed by atoms with E-state index in [0.717, 1.165) is 17.9 Å². The minimum atomic E-state index is -0.536. The second-order valence-corrected chi connectivity index (χ2v) is 6.70. The third kappa shape index (κ3) is 4.54. The summed E-state index contributed by atoms with van der Waals surface area (Å²) in [5.41, 5.74) is 1.05. The highest BCUT2D eigenvalue weighted by atomic mass is 19.1. The lowest BCUT2D eigenvalue weighted by Gasteiger charge is -2.29. The Bertz CT molecular complexity index is 675. The predicted molar refractivity (Wildman–Crippen MR) is 95.4 cm³/mol. The number of amides is 1. The minimum absolute atomic E-state index is 0.0233. The Kier molecular flexibility index (Phi) is 5.54. The van der Waals surface area contributed by atoms with Crippen LogP contribution < -0.4 is 10.2 Å². The van der Waals surface area contributed by atoms with Crippen LogP contribution in [0, 0.1) is 11.2 Å². The number of carbonyl (C=O) groups is 1. The number of hydrogen-bond donors (Lipinski definition) is 1. The van der Waals surface area contributed by atoms with Gasteiger partial charge in [-0.2, -0.15) is 0 Å². The molecule has 1 heterocycles. The molecule has 0 aliphatic rings. The van der Waals surface area contributed by atoms with Crippen molar-refractivity contribution >= 4 is 17.4 Å². The van der Waals surface area contributed by atoms with E-state index in [1.165, 1.54) is 12.1 Å². The van der Waals surface area contributed by atoms with Crippen molar-refractivity contribution in [3.63, 3.8) is 0 Å². The van der Waals surface area contributed by atoms with E-state index in [-0.39, 0.29) is 11.7 Å². The van der Waals surface area contributed by atoms with Crippen molar-refractivity contribution in [2.75, 3.05) is 16.8 Å². The minimum Gasteiger partial charge on any atom is -0.370 e. The number of hydrogen-bond acceptors (Lipinski definition) is 3. The summed E-state index contributed by atoms with van der Waals surface area (Å²) in [6, 6.07) is 9.81. The average Bonchev–Trinajstić information content (AvgIpc) is 2.54. The first kappa shape index (κ1) is 17.9. The molecule has 1 amide bonds. The zero-order valence-electron chi connectivity index (χ0n) is 14.6. The normalized spacial score (nSPS) is 11.2. The number of anilines is 2. The van der Waals surface area contributed by atoms with Gasteiger partial charge in [0.25, 0.3) is 0 Å². The first-order valence-electron chi connectivity index (χ1n) is 8.07. The molecule has 1 aromatic carbocycles. The Morgan fingerprint density at radius 2 is 1.83 bits per heavy atom. The average molecular weight is 329 g/mol.